The van der Waals surface area contributed by atoms with Crippen molar-refractivity contribution in [1.82, 2.24) is 15.0 Å². The Hall–Kier alpha value is -1.91. The molecule has 0 atom stereocenters. The summed E-state index contributed by atoms with van der Waals surface area (Å²) in [5.74, 6) is 0.456. The topological polar surface area (TPSA) is 70.7 Å². The van der Waals surface area contributed by atoms with E-state index in [1.54, 1.807) is 12.3 Å². The molecule has 2 aromatic heterocycles. The standard InChI is InChI=1S/C7H6N4O/c12-4-10-6-3-9-7-5(11-6)1-2-8-7/h1-4H,(H,8,9)(H,10,11,12). The Morgan fingerprint density at radius 1 is 1.58 bits per heavy atom. The highest BCUT2D eigenvalue weighted by Gasteiger charge is 1.97. The van der Waals surface area contributed by atoms with E-state index in [0.29, 0.717) is 17.9 Å². The van der Waals surface area contributed by atoms with Gasteiger partial charge in [-0.15, -0.1) is 0 Å². The van der Waals surface area contributed by atoms with Crippen molar-refractivity contribution in [3.05, 3.63) is 18.5 Å². The molecule has 0 unspecified atom stereocenters. The molecule has 2 rings (SSSR count). The number of fused-ring (bicyclic) bond motifs is 1. The number of carbonyl (C=O) groups is 1. The van der Waals surface area contributed by atoms with Crippen molar-refractivity contribution < 1.29 is 4.79 Å². The third-order valence-corrected chi connectivity index (χ3v) is 1.47. The second kappa shape index (κ2) is 2.61. The van der Waals surface area contributed by atoms with Crippen LogP contribution in [0, 0.1) is 0 Å². The molecule has 12 heavy (non-hydrogen) atoms. The van der Waals surface area contributed by atoms with Gasteiger partial charge >= 0.3 is 0 Å². The Labute approximate surface area is 67.8 Å². The molecular weight excluding hydrogens is 156 g/mol. The maximum Gasteiger partial charge on any atom is 0.212 e. The lowest BCUT2D eigenvalue weighted by atomic mass is 10.5. The summed E-state index contributed by atoms with van der Waals surface area (Å²) >= 11 is 0. The molecule has 0 radical (unpaired) electrons. The van der Waals surface area contributed by atoms with Crippen LogP contribution in [-0.4, -0.2) is 21.4 Å². The molecular formula is C7H6N4O. The zero-order chi connectivity index (χ0) is 8.39. The number of hydrogen-bond acceptors (Lipinski definition) is 3. The van der Waals surface area contributed by atoms with Crippen LogP contribution in [-0.2, 0) is 4.79 Å². The third kappa shape index (κ3) is 1.01. The fraction of sp³-hybridized carbons (Fsp3) is 0. The number of amides is 1. The van der Waals surface area contributed by atoms with Crippen LogP contribution in [0.1, 0.15) is 0 Å². The number of carbonyl (C=O) groups excluding carboxylic acids is 1. The van der Waals surface area contributed by atoms with Crippen LogP contribution in [0.15, 0.2) is 18.5 Å². The predicted molar refractivity (Wildman–Crippen MR) is 43.6 cm³/mol. The van der Waals surface area contributed by atoms with E-state index in [0.717, 1.165) is 5.52 Å². The summed E-state index contributed by atoms with van der Waals surface area (Å²) in [5.41, 5.74) is 1.45. The van der Waals surface area contributed by atoms with Crippen LogP contribution in [0.2, 0.25) is 0 Å². The van der Waals surface area contributed by atoms with Gasteiger partial charge < -0.3 is 10.3 Å². The summed E-state index contributed by atoms with van der Waals surface area (Å²) in [5, 5.41) is 2.42. The lowest BCUT2D eigenvalue weighted by molar-refractivity contribution is -0.105. The summed E-state index contributed by atoms with van der Waals surface area (Å²) < 4.78 is 0. The van der Waals surface area contributed by atoms with E-state index in [2.05, 4.69) is 20.3 Å². The number of hydrogen-bond donors (Lipinski definition) is 2. The van der Waals surface area contributed by atoms with Crippen molar-refractivity contribution in [3.63, 3.8) is 0 Å². The van der Waals surface area contributed by atoms with Gasteiger partial charge in [0.25, 0.3) is 0 Å². The third-order valence-electron chi connectivity index (χ3n) is 1.47. The molecule has 5 nitrogen and oxygen atoms in total. The molecule has 0 saturated heterocycles. The monoisotopic (exact) mass is 162 g/mol. The molecule has 0 bridgehead atoms. The summed E-state index contributed by atoms with van der Waals surface area (Å²) in [6.07, 6.45) is 3.81. The van der Waals surface area contributed by atoms with Gasteiger partial charge in [-0.3, -0.25) is 4.79 Å². The fourth-order valence-corrected chi connectivity index (χ4v) is 0.960. The lowest BCUT2D eigenvalue weighted by Gasteiger charge is -1.94. The van der Waals surface area contributed by atoms with Crippen molar-refractivity contribution in [3.8, 4) is 0 Å². The summed E-state index contributed by atoms with van der Waals surface area (Å²) in [6, 6.07) is 1.79. The van der Waals surface area contributed by atoms with Crippen LogP contribution in [0.3, 0.4) is 0 Å². The van der Waals surface area contributed by atoms with Crippen molar-refractivity contribution in [2.24, 2.45) is 0 Å². The van der Waals surface area contributed by atoms with Gasteiger partial charge in [0.1, 0.15) is 5.52 Å². The average Bonchev–Trinajstić information content (AvgIpc) is 2.51. The first-order valence-electron chi connectivity index (χ1n) is 3.40. The van der Waals surface area contributed by atoms with Gasteiger partial charge in [0.15, 0.2) is 11.5 Å². The van der Waals surface area contributed by atoms with E-state index in [9.17, 15) is 4.79 Å². The molecule has 0 aliphatic rings. The van der Waals surface area contributed by atoms with E-state index in [-0.39, 0.29) is 0 Å². The first-order chi connectivity index (χ1) is 5.90. The van der Waals surface area contributed by atoms with Crippen LogP contribution < -0.4 is 5.32 Å². The van der Waals surface area contributed by atoms with Gasteiger partial charge in [-0.1, -0.05) is 0 Å². The molecule has 0 aliphatic carbocycles. The fourth-order valence-electron chi connectivity index (χ4n) is 0.960. The largest absolute Gasteiger partial charge is 0.345 e. The zero-order valence-electron chi connectivity index (χ0n) is 6.11. The number of H-pyrrole nitrogens is 1. The first-order valence-corrected chi connectivity index (χ1v) is 3.40. The predicted octanol–water partition coefficient (Wildman–Crippen LogP) is 0.526. The summed E-state index contributed by atoms with van der Waals surface area (Å²) in [6.45, 7) is 0. The second-order valence-electron chi connectivity index (χ2n) is 2.23. The van der Waals surface area contributed by atoms with Gasteiger partial charge in [-0.25, -0.2) is 9.97 Å². The molecule has 0 fully saturated rings. The number of aromatic amines is 1. The maximum atomic E-state index is 10.1. The highest BCUT2D eigenvalue weighted by Crippen LogP contribution is 2.08. The van der Waals surface area contributed by atoms with Crippen LogP contribution in [0.5, 0.6) is 0 Å². The molecule has 5 heteroatoms. The Morgan fingerprint density at radius 2 is 2.50 bits per heavy atom. The van der Waals surface area contributed by atoms with Crippen molar-refractivity contribution >= 4 is 23.4 Å². The Kier molecular flexibility index (Phi) is 1.48. The average molecular weight is 162 g/mol. The normalized spacial score (nSPS) is 10.0. The van der Waals surface area contributed by atoms with Gasteiger partial charge in [0.2, 0.25) is 6.41 Å². The number of rotatable bonds is 2. The zero-order valence-corrected chi connectivity index (χ0v) is 6.11. The smallest absolute Gasteiger partial charge is 0.212 e. The Bertz CT molecular complexity index is 408. The highest BCUT2D eigenvalue weighted by molar-refractivity contribution is 5.75. The quantitative estimate of drug-likeness (QED) is 0.632. The number of nitrogens with zero attached hydrogens (tertiary/aromatic N) is 2. The van der Waals surface area contributed by atoms with Gasteiger partial charge in [-0.05, 0) is 6.07 Å². The molecule has 0 aliphatic heterocycles. The van der Waals surface area contributed by atoms with Crippen molar-refractivity contribution in [1.29, 1.82) is 0 Å². The van der Waals surface area contributed by atoms with Crippen molar-refractivity contribution in [2.75, 3.05) is 5.32 Å². The van der Waals surface area contributed by atoms with E-state index in [1.807, 2.05) is 0 Å². The number of anilines is 1. The minimum Gasteiger partial charge on any atom is -0.345 e. The summed E-state index contributed by atoms with van der Waals surface area (Å²) in [4.78, 5) is 21.1. The molecule has 1 amide bonds. The van der Waals surface area contributed by atoms with Gasteiger partial charge in [0, 0.05) is 6.20 Å². The van der Waals surface area contributed by atoms with E-state index < -0.39 is 0 Å². The molecule has 0 saturated carbocycles. The second-order valence-corrected chi connectivity index (χ2v) is 2.23. The van der Waals surface area contributed by atoms with Crippen LogP contribution in [0.25, 0.3) is 11.2 Å². The van der Waals surface area contributed by atoms with E-state index in [1.165, 1.54) is 6.20 Å². The number of nitrogens with one attached hydrogen (secondary N) is 2. The lowest BCUT2D eigenvalue weighted by Crippen LogP contribution is -1.97. The van der Waals surface area contributed by atoms with Crippen LogP contribution in [0.4, 0.5) is 5.82 Å². The highest BCUT2D eigenvalue weighted by atomic mass is 16.1. The molecule has 2 N–H and O–H groups in total. The Balaban J connectivity index is 2.52. The first kappa shape index (κ1) is 6.78. The van der Waals surface area contributed by atoms with Gasteiger partial charge in [0.05, 0.1) is 6.20 Å². The molecule has 60 valence electrons. The maximum absolute atomic E-state index is 10.1. The van der Waals surface area contributed by atoms with E-state index >= 15 is 0 Å². The molecule has 2 aromatic rings. The summed E-state index contributed by atoms with van der Waals surface area (Å²) in [7, 11) is 0. The van der Waals surface area contributed by atoms with Crippen LogP contribution >= 0.6 is 0 Å². The van der Waals surface area contributed by atoms with E-state index in [4.69, 9.17) is 0 Å². The molecule has 0 aromatic carbocycles. The minimum atomic E-state index is 0.456. The Morgan fingerprint density at radius 3 is 3.33 bits per heavy atom. The SMILES string of the molecule is O=CNc1cnc2[nH]ccc2n1. The minimum absolute atomic E-state index is 0.456. The molecule has 2 heterocycles. The van der Waals surface area contributed by atoms with Crippen molar-refractivity contribution in [2.45, 2.75) is 0 Å². The number of aromatic nitrogens is 3. The molecule has 0 spiro atoms. The van der Waals surface area contributed by atoms with Gasteiger partial charge in [-0.2, -0.15) is 0 Å².